The molecule has 1 atom stereocenters. The van der Waals surface area contributed by atoms with E-state index >= 15 is 0 Å². The van der Waals surface area contributed by atoms with Crippen LogP contribution in [-0.2, 0) is 6.54 Å². The number of nitrogens with one attached hydrogen (secondary N) is 1. The first kappa shape index (κ1) is 18.0. The number of halogens is 2. The fourth-order valence-corrected chi connectivity index (χ4v) is 3.06. The first-order valence-corrected chi connectivity index (χ1v) is 8.52. The van der Waals surface area contributed by atoms with Crippen molar-refractivity contribution in [3.05, 3.63) is 53.7 Å². The predicted molar refractivity (Wildman–Crippen MR) is 93.6 cm³/mol. The molecule has 0 saturated carbocycles. The Bertz CT molecular complexity index is 759. The van der Waals surface area contributed by atoms with Gasteiger partial charge in [0.05, 0.1) is 6.04 Å². The Morgan fingerprint density at radius 3 is 2.92 bits per heavy atom. The molecule has 1 aliphatic rings. The van der Waals surface area contributed by atoms with Gasteiger partial charge in [0.2, 0.25) is 0 Å². The van der Waals surface area contributed by atoms with E-state index in [0.717, 1.165) is 37.3 Å². The topological polar surface area (TPSA) is 61.4 Å². The number of aromatic nitrogens is 2. The molecule has 6 nitrogen and oxygen atoms in total. The molecular formula is C18H21F2N5O. The minimum atomic E-state index is -0.919. The van der Waals surface area contributed by atoms with Crippen LogP contribution in [0.1, 0.15) is 18.4 Å². The number of nitrogens with zero attached hydrogens (tertiary/aromatic N) is 4. The molecule has 0 bridgehead atoms. The highest BCUT2D eigenvalue weighted by Gasteiger charge is 2.26. The molecule has 0 aliphatic carbocycles. The standard InChI is InChI=1S/C18H21F2N5O/c1-24(18(26)21-11-13-6-7-15(19)16(20)10-13)14-4-3-9-25(12-14)17-5-2-8-22-23-17/h2,5-8,10,14H,3-4,9,11-12H2,1H3,(H,21,26)/t14-/m1/s1. The van der Waals surface area contributed by atoms with Gasteiger partial charge in [-0.1, -0.05) is 6.07 Å². The fourth-order valence-electron chi connectivity index (χ4n) is 3.06. The Balaban J connectivity index is 1.56. The lowest BCUT2D eigenvalue weighted by atomic mass is 10.0. The Labute approximate surface area is 150 Å². The number of carbonyl (C=O) groups is 1. The molecule has 2 heterocycles. The Morgan fingerprint density at radius 1 is 1.35 bits per heavy atom. The van der Waals surface area contributed by atoms with Crippen LogP contribution in [0.15, 0.2) is 36.5 Å². The van der Waals surface area contributed by atoms with Crippen molar-refractivity contribution < 1.29 is 13.6 Å². The summed E-state index contributed by atoms with van der Waals surface area (Å²) in [4.78, 5) is 16.2. The lowest BCUT2D eigenvalue weighted by Crippen LogP contribution is -2.51. The van der Waals surface area contributed by atoms with Crippen LogP contribution in [0.3, 0.4) is 0 Å². The van der Waals surface area contributed by atoms with Crippen molar-refractivity contribution in [2.75, 3.05) is 25.0 Å². The van der Waals surface area contributed by atoms with Gasteiger partial charge in [0.1, 0.15) is 0 Å². The Morgan fingerprint density at radius 2 is 2.19 bits per heavy atom. The summed E-state index contributed by atoms with van der Waals surface area (Å²) < 4.78 is 26.2. The van der Waals surface area contributed by atoms with Crippen LogP contribution in [0, 0.1) is 11.6 Å². The maximum absolute atomic E-state index is 13.2. The number of likely N-dealkylation sites (N-methyl/N-ethyl adjacent to an activating group) is 1. The second-order valence-electron chi connectivity index (χ2n) is 6.34. The summed E-state index contributed by atoms with van der Waals surface area (Å²) in [6, 6.07) is 7.13. The molecule has 1 aliphatic heterocycles. The molecule has 3 rings (SSSR count). The molecule has 0 radical (unpaired) electrons. The zero-order valence-electron chi connectivity index (χ0n) is 14.5. The zero-order chi connectivity index (χ0) is 18.5. The molecule has 1 aromatic carbocycles. The van der Waals surface area contributed by atoms with Crippen molar-refractivity contribution in [1.82, 2.24) is 20.4 Å². The number of rotatable bonds is 4. The van der Waals surface area contributed by atoms with Gasteiger partial charge in [-0.15, -0.1) is 5.10 Å². The molecule has 1 saturated heterocycles. The van der Waals surface area contributed by atoms with Crippen molar-refractivity contribution in [2.24, 2.45) is 0 Å². The van der Waals surface area contributed by atoms with E-state index in [2.05, 4.69) is 20.4 Å². The maximum Gasteiger partial charge on any atom is 0.317 e. The van der Waals surface area contributed by atoms with Crippen molar-refractivity contribution in [2.45, 2.75) is 25.4 Å². The summed E-state index contributed by atoms with van der Waals surface area (Å²) in [7, 11) is 1.74. The average Bonchev–Trinajstić information content (AvgIpc) is 2.69. The highest BCUT2D eigenvalue weighted by atomic mass is 19.2. The third-order valence-corrected chi connectivity index (χ3v) is 4.57. The van der Waals surface area contributed by atoms with Gasteiger partial charge in [0, 0.05) is 32.9 Å². The zero-order valence-corrected chi connectivity index (χ0v) is 14.5. The van der Waals surface area contributed by atoms with Crippen LogP contribution in [0.25, 0.3) is 0 Å². The van der Waals surface area contributed by atoms with E-state index in [0.29, 0.717) is 12.1 Å². The van der Waals surface area contributed by atoms with Crippen molar-refractivity contribution in [3.8, 4) is 0 Å². The summed E-state index contributed by atoms with van der Waals surface area (Å²) in [6.45, 7) is 1.69. The lowest BCUT2D eigenvalue weighted by Gasteiger charge is -2.37. The van der Waals surface area contributed by atoms with E-state index in [1.165, 1.54) is 6.07 Å². The second-order valence-corrected chi connectivity index (χ2v) is 6.34. The number of piperidine rings is 1. The third kappa shape index (κ3) is 4.25. The third-order valence-electron chi connectivity index (χ3n) is 4.57. The van der Waals surface area contributed by atoms with Gasteiger partial charge in [-0.2, -0.15) is 5.10 Å². The number of hydrogen-bond donors (Lipinski definition) is 1. The molecule has 2 amide bonds. The van der Waals surface area contributed by atoms with Crippen molar-refractivity contribution >= 4 is 11.8 Å². The molecule has 8 heteroatoms. The largest absolute Gasteiger partial charge is 0.353 e. The van der Waals surface area contributed by atoms with Crippen LogP contribution < -0.4 is 10.2 Å². The monoisotopic (exact) mass is 361 g/mol. The van der Waals surface area contributed by atoms with Crippen LogP contribution in [0.4, 0.5) is 19.4 Å². The first-order chi connectivity index (χ1) is 12.5. The molecule has 0 unspecified atom stereocenters. The van der Waals surface area contributed by atoms with Gasteiger partial charge < -0.3 is 15.1 Å². The van der Waals surface area contributed by atoms with Crippen LogP contribution >= 0.6 is 0 Å². The fraction of sp³-hybridized carbons (Fsp3) is 0.389. The number of carbonyl (C=O) groups excluding carboxylic acids is 1. The van der Waals surface area contributed by atoms with Gasteiger partial charge in [-0.05, 0) is 42.7 Å². The van der Waals surface area contributed by atoms with E-state index in [9.17, 15) is 13.6 Å². The summed E-state index contributed by atoms with van der Waals surface area (Å²) in [6.07, 6.45) is 3.47. The highest BCUT2D eigenvalue weighted by Crippen LogP contribution is 2.19. The van der Waals surface area contributed by atoms with E-state index < -0.39 is 11.6 Å². The van der Waals surface area contributed by atoms with Crippen molar-refractivity contribution in [3.63, 3.8) is 0 Å². The number of anilines is 1. The molecule has 138 valence electrons. The summed E-state index contributed by atoms with van der Waals surface area (Å²) in [5.74, 6) is -1.02. The highest BCUT2D eigenvalue weighted by molar-refractivity contribution is 5.74. The SMILES string of the molecule is CN(C(=O)NCc1ccc(F)c(F)c1)[C@@H]1CCCN(c2cccnn2)C1. The molecular weight excluding hydrogens is 340 g/mol. The van der Waals surface area contributed by atoms with Crippen LogP contribution in [0.2, 0.25) is 0 Å². The van der Waals surface area contributed by atoms with Crippen LogP contribution in [-0.4, -0.2) is 47.3 Å². The van der Waals surface area contributed by atoms with Crippen LogP contribution in [0.5, 0.6) is 0 Å². The van der Waals surface area contributed by atoms with E-state index in [1.807, 2.05) is 12.1 Å². The van der Waals surface area contributed by atoms with E-state index in [-0.39, 0.29) is 18.6 Å². The maximum atomic E-state index is 13.2. The molecule has 1 N–H and O–H groups in total. The van der Waals surface area contributed by atoms with E-state index in [4.69, 9.17) is 0 Å². The second kappa shape index (κ2) is 8.07. The van der Waals surface area contributed by atoms with Gasteiger partial charge in [-0.25, -0.2) is 13.6 Å². The first-order valence-electron chi connectivity index (χ1n) is 8.52. The minimum Gasteiger partial charge on any atom is -0.353 e. The molecule has 1 fully saturated rings. The summed E-state index contributed by atoms with van der Waals surface area (Å²) in [5, 5.41) is 10.8. The lowest BCUT2D eigenvalue weighted by molar-refractivity contribution is 0.182. The van der Waals surface area contributed by atoms with Gasteiger partial charge in [0.15, 0.2) is 17.5 Å². The summed E-state index contributed by atoms with van der Waals surface area (Å²) >= 11 is 0. The Kier molecular flexibility index (Phi) is 5.60. The molecule has 26 heavy (non-hydrogen) atoms. The number of hydrogen-bond acceptors (Lipinski definition) is 4. The summed E-state index contributed by atoms with van der Waals surface area (Å²) in [5.41, 5.74) is 0.510. The minimum absolute atomic E-state index is 0.0377. The Hall–Kier alpha value is -2.77. The van der Waals surface area contributed by atoms with Gasteiger partial charge in [-0.3, -0.25) is 0 Å². The number of urea groups is 1. The smallest absolute Gasteiger partial charge is 0.317 e. The average molecular weight is 361 g/mol. The normalized spacial score (nSPS) is 17.0. The van der Waals surface area contributed by atoms with E-state index in [1.54, 1.807) is 18.1 Å². The quantitative estimate of drug-likeness (QED) is 0.909. The van der Waals surface area contributed by atoms with Crippen molar-refractivity contribution in [1.29, 1.82) is 0 Å². The number of benzene rings is 1. The van der Waals surface area contributed by atoms with Gasteiger partial charge >= 0.3 is 6.03 Å². The van der Waals surface area contributed by atoms with Gasteiger partial charge in [0.25, 0.3) is 0 Å². The predicted octanol–water partition coefficient (Wildman–Crippen LogP) is 2.57. The number of amides is 2. The molecule has 0 spiro atoms. The molecule has 1 aromatic heterocycles. The molecule has 2 aromatic rings.